The Kier molecular flexibility index (Phi) is 11.0. The van der Waals surface area contributed by atoms with Crippen LogP contribution in [0.1, 0.15) is 81.5 Å². The van der Waals surface area contributed by atoms with Gasteiger partial charge in [0, 0.05) is 46.1 Å². The van der Waals surface area contributed by atoms with Crippen molar-refractivity contribution in [3.8, 4) is 44.8 Å². The molecular weight excluding hydrogens is 925 g/mol. The third-order valence-electron chi connectivity index (χ3n) is 11.5. The van der Waals surface area contributed by atoms with E-state index < -0.39 is 27.2 Å². The number of nitrogens with zero attached hydrogens (tertiary/aromatic N) is 2. The molecule has 1 radical (unpaired) electrons. The normalized spacial score (nSPS) is 15.2. The summed E-state index contributed by atoms with van der Waals surface area (Å²) in [6.07, 6.45) is 4.95. The first-order valence-corrected chi connectivity index (χ1v) is 24.3. The van der Waals surface area contributed by atoms with E-state index in [9.17, 15) is 0 Å². The average Bonchev–Trinajstić information content (AvgIpc) is 3.95. The molecule has 0 bridgehead atoms. The van der Waals surface area contributed by atoms with Crippen LogP contribution < -0.4 is 5.19 Å². The van der Waals surface area contributed by atoms with Gasteiger partial charge in [0.15, 0.2) is 0 Å². The molecule has 3 nitrogen and oxygen atoms in total. The van der Waals surface area contributed by atoms with Crippen LogP contribution in [0.3, 0.4) is 0 Å². The van der Waals surface area contributed by atoms with Gasteiger partial charge in [0.05, 0.1) is 13.7 Å². The molecule has 5 heteroatoms. The molecule has 1 aliphatic rings. The minimum Gasteiger partial charge on any atom is -0.501 e. The maximum atomic E-state index is 8.99. The second-order valence-corrected chi connectivity index (χ2v) is 22.2. The number of fused-ring (bicyclic) bond motifs is 3. The van der Waals surface area contributed by atoms with Crippen molar-refractivity contribution < 1.29 is 32.7 Å². The first-order valence-electron chi connectivity index (χ1n) is 23.8. The summed E-state index contributed by atoms with van der Waals surface area (Å²) in [6, 6.07) is 43.1. The maximum Gasteiger partial charge on any atom is 0.121 e. The fourth-order valence-electron chi connectivity index (χ4n) is 8.40. The van der Waals surface area contributed by atoms with Crippen LogP contribution in [-0.4, -0.2) is 18.0 Å². The molecule has 9 rings (SSSR count). The van der Waals surface area contributed by atoms with Crippen molar-refractivity contribution in [3.05, 3.63) is 162 Å². The largest absolute Gasteiger partial charge is 0.501 e. The molecule has 0 atom stereocenters. The minimum atomic E-state index is -2.47. The van der Waals surface area contributed by atoms with Gasteiger partial charge >= 0.3 is 0 Å². The third kappa shape index (κ3) is 9.20. The third-order valence-corrected chi connectivity index (χ3v) is 13.5. The minimum absolute atomic E-state index is 0. The molecule has 0 N–H and O–H groups in total. The summed E-state index contributed by atoms with van der Waals surface area (Å²) in [5, 5.41) is 3.14. The quantitative estimate of drug-likeness (QED) is 0.112. The Labute approximate surface area is 380 Å². The van der Waals surface area contributed by atoms with Gasteiger partial charge < -0.3 is 14.4 Å². The fourth-order valence-corrected chi connectivity index (χ4v) is 9.98. The molecule has 3 heterocycles. The van der Waals surface area contributed by atoms with Crippen molar-refractivity contribution in [2.75, 3.05) is 0 Å². The predicted octanol–water partition coefficient (Wildman–Crippen LogP) is 14.7. The molecule has 8 aromatic rings. The summed E-state index contributed by atoms with van der Waals surface area (Å²) < 4.78 is 57.2. The topological polar surface area (TPSA) is 38.9 Å². The Bertz CT molecular complexity index is 3000. The van der Waals surface area contributed by atoms with Crippen molar-refractivity contribution >= 4 is 35.2 Å². The molecule has 1 fully saturated rings. The van der Waals surface area contributed by atoms with Crippen LogP contribution in [0.15, 0.2) is 126 Å². The van der Waals surface area contributed by atoms with Crippen molar-refractivity contribution in [2.24, 2.45) is 5.92 Å². The zero-order chi connectivity index (χ0) is 46.5. The van der Waals surface area contributed by atoms with E-state index in [0.29, 0.717) is 16.8 Å². The van der Waals surface area contributed by atoms with Crippen LogP contribution in [0.25, 0.3) is 66.7 Å². The van der Waals surface area contributed by atoms with E-state index in [0.717, 1.165) is 70.0 Å². The average molecular weight is 987 g/mol. The summed E-state index contributed by atoms with van der Waals surface area (Å²) >= 11 is 0. The molecular formula is C55H56IrN2OSi-2. The molecule has 60 heavy (non-hydrogen) atoms. The van der Waals surface area contributed by atoms with Gasteiger partial charge in [0.2, 0.25) is 0 Å². The van der Waals surface area contributed by atoms with E-state index >= 15 is 0 Å². The Morgan fingerprint density at radius 1 is 0.767 bits per heavy atom. The van der Waals surface area contributed by atoms with E-state index in [1.807, 2.05) is 56.4 Å². The number of rotatable bonds is 8. The summed E-state index contributed by atoms with van der Waals surface area (Å²) in [6.45, 7) is 12.6. The van der Waals surface area contributed by atoms with Gasteiger partial charge in [0.1, 0.15) is 5.58 Å². The van der Waals surface area contributed by atoms with Crippen molar-refractivity contribution in [1.82, 2.24) is 9.97 Å². The molecule has 0 aliphatic heterocycles. The zero-order valence-corrected chi connectivity index (χ0v) is 39.0. The molecule has 0 amide bonds. The van der Waals surface area contributed by atoms with Crippen LogP contribution in [0, 0.1) is 38.8 Å². The van der Waals surface area contributed by atoms with Crippen molar-refractivity contribution in [3.63, 3.8) is 0 Å². The van der Waals surface area contributed by atoms with Gasteiger partial charge in [-0.2, -0.15) is 0 Å². The Morgan fingerprint density at radius 3 is 2.22 bits per heavy atom. The van der Waals surface area contributed by atoms with Gasteiger partial charge in [0.25, 0.3) is 0 Å². The van der Waals surface area contributed by atoms with Crippen LogP contribution in [0.4, 0.5) is 0 Å². The monoisotopic (exact) mass is 987 g/mol. The van der Waals surface area contributed by atoms with E-state index in [4.69, 9.17) is 17.6 Å². The van der Waals surface area contributed by atoms with Crippen LogP contribution in [0.5, 0.6) is 0 Å². The Morgan fingerprint density at radius 2 is 1.50 bits per heavy atom. The molecule has 0 unspecified atom stereocenters. The Hall–Kier alpha value is -4.93. The fraction of sp³-hybridized carbons (Fsp3) is 0.273. The van der Waals surface area contributed by atoms with E-state index in [1.165, 1.54) is 33.6 Å². The van der Waals surface area contributed by atoms with Crippen molar-refractivity contribution in [1.29, 1.82) is 0 Å². The molecule has 1 aliphatic carbocycles. The standard InChI is InChI=1S/C32H30NO.C23H26NSi.Ir/c1-20-8-6-9-21(2)31(20)24-14-15-26-27-12-7-13-28(32(27)34-30(26)18-24)29-17-25(22(3)19-33-29)16-23-10-4-5-11-23;1-17(2)21-15-22(24-16-23(21)25(3,4)5)20-13-9-12-19(14-20)18-10-7-6-8-11-18;/h6-9,12,14-15,17-19,23H,4-5,10-11,16H2,1-3H3;6-12,14-17H,1-5H3;/q2*-1;/i3D3,16D2;17D;. The zero-order valence-electron chi connectivity index (χ0n) is 41.6. The predicted molar refractivity (Wildman–Crippen MR) is 252 cm³/mol. The first kappa shape index (κ1) is 35.8. The molecule has 5 aromatic carbocycles. The summed E-state index contributed by atoms with van der Waals surface area (Å²) in [5.41, 5.74) is 12.5. The number of aryl methyl sites for hydroxylation is 3. The van der Waals surface area contributed by atoms with Gasteiger partial charge in [-0.15, -0.1) is 53.6 Å². The van der Waals surface area contributed by atoms with Crippen LogP contribution >= 0.6 is 0 Å². The molecule has 1 saturated carbocycles. The second kappa shape index (κ2) is 18.4. The molecule has 307 valence electrons. The number of furan rings is 1. The van der Waals surface area contributed by atoms with E-state index in [1.54, 1.807) is 6.07 Å². The van der Waals surface area contributed by atoms with Gasteiger partial charge in [-0.3, -0.25) is 0 Å². The van der Waals surface area contributed by atoms with E-state index in [2.05, 4.69) is 117 Å². The molecule has 0 spiro atoms. The number of aromatic nitrogens is 2. The van der Waals surface area contributed by atoms with E-state index in [-0.39, 0.29) is 37.2 Å². The smallest absolute Gasteiger partial charge is 0.121 e. The van der Waals surface area contributed by atoms with Gasteiger partial charge in [-0.25, -0.2) is 0 Å². The number of hydrogen-bond donors (Lipinski definition) is 0. The van der Waals surface area contributed by atoms with Gasteiger partial charge in [-0.1, -0.05) is 154 Å². The number of benzene rings is 5. The van der Waals surface area contributed by atoms with Crippen molar-refractivity contribution in [2.45, 2.75) is 92.1 Å². The number of pyridine rings is 2. The van der Waals surface area contributed by atoms with Crippen LogP contribution in [-0.2, 0) is 26.5 Å². The summed E-state index contributed by atoms with van der Waals surface area (Å²) in [4.78, 5) is 9.25. The number of hydrogen-bond acceptors (Lipinski definition) is 3. The molecule has 0 saturated heterocycles. The summed E-state index contributed by atoms with van der Waals surface area (Å²) in [7, 11) is -1.57. The van der Waals surface area contributed by atoms with Crippen LogP contribution in [0.2, 0.25) is 19.6 Å². The molecule has 3 aromatic heterocycles. The second-order valence-electron chi connectivity index (χ2n) is 17.1. The van der Waals surface area contributed by atoms with Gasteiger partial charge in [-0.05, 0) is 94.9 Å². The SMILES string of the molecule is [2H]C(C)(C)c1cc(-c2[c-]ccc(-c3ccccc3)c2)ncc1[Si](C)(C)C.[2H]C([2H])([2H])c1cnc(-c2[c-]ccc3c2oc2cc(-c4c(C)cccc4C)ccc23)cc1C([2H])([2H])C1CCCC1.[Ir]. The maximum absolute atomic E-state index is 8.99. The summed E-state index contributed by atoms with van der Waals surface area (Å²) in [5.74, 6) is -0.868. The Balaban J connectivity index is 0.000000210. The first-order chi connectivity index (χ1) is 30.7.